The van der Waals surface area contributed by atoms with Gasteiger partial charge >= 0.3 is 11.9 Å². The summed E-state index contributed by atoms with van der Waals surface area (Å²) in [5.41, 5.74) is 2.70. The molecule has 2 aliphatic heterocycles. The summed E-state index contributed by atoms with van der Waals surface area (Å²) in [6.07, 6.45) is 19.3. The highest BCUT2D eigenvalue weighted by Gasteiger charge is 2.57. The first kappa shape index (κ1) is 72.2. The van der Waals surface area contributed by atoms with Gasteiger partial charge < -0.3 is 52.5 Å². The molecule has 85 heavy (non-hydrogen) atoms. The van der Waals surface area contributed by atoms with Crippen LogP contribution in [0.25, 0.3) is 0 Å². The van der Waals surface area contributed by atoms with Gasteiger partial charge in [-0.05, 0) is 47.7 Å². The van der Waals surface area contributed by atoms with Gasteiger partial charge in [0.1, 0.15) is 36.6 Å². The lowest BCUT2D eigenvalue weighted by atomic mass is 9.96. The molecule has 0 unspecified atom stereocenters. The van der Waals surface area contributed by atoms with E-state index in [0.29, 0.717) is 12.8 Å². The molecule has 0 aromatic heterocycles. The molecule has 13 nitrogen and oxygen atoms in total. The average Bonchev–Trinajstić information content (AvgIpc) is 1.57. The molecule has 2 saturated heterocycles. The molecule has 2 N–H and O–H groups in total. The van der Waals surface area contributed by atoms with E-state index >= 15 is 0 Å². The lowest BCUT2D eigenvalue weighted by Gasteiger charge is -2.51. The number of benzene rings is 3. The largest absolute Gasteiger partial charge is 0.455 e. The first-order valence-electron chi connectivity index (χ1n) is 33.5. The number of aliphatic hydroxyl groups excluding tert-OH is 2. The molecule has 0 saturated carbocycles. The Kier molecular flexibility index (Phi) is 35.4. The summed E-state index contributed by atoms with van der Waals surface area (Å²) in [7, 11) is -2.74. The Labute approximate surface area is 514 Å². The van der Waals surface area contributed by atoms with Crippen LogP contribution in [-0.4, -0.2) is 105 Å². The van der Waals surface area contributed by atoms with E-state index in [1.807, 2.05) is 91.0 Å². The van der Waals surface area contributed by atoms with Gasteiger partial charge in [0.25, 0.3) is 0 Å². The van der Waals surface area contributed by atoms with Gasteiger partial charge in [-0.3, -0.25) is 9.59 Å². The fourth-order valence-corrected chi connectivity index (χ4v) is 12.5. The molecule has 480 valence electrons. The van der Waals surface area contributed by atoms with Gasteiger partial charge in [-0.2, -0.15) is 0 Å². The van der Waals surface area contributed by atoms with Gasteiger partial charge in [0.15, 0.2) is 26.8 Å². The van der Waals surface area contributed by atoms with Crippen molar-refractivity contribution in [1.29, 1.82) is 0 Å². The van der Waals surface area contributed by atoms with Gasteiger partial charge in [0.2, 0.25) is 6.29 Å². The predicted molar refractivity (Wildman–Crippen MR) is 340 cm³/mol. The number of ether oxygens (including phenoxy) is 8. The lowest BCUT2D eigenvalue weighted by molar-refractivity contribution is -0.382. The molecule has 2 aliphatic rings. The summed E-state index contributed by atoms with van der Waals surface area (Å²) >= 11 is 0. The van der Waals surface area contributed by atoms with Crippen molar-refractivity contribution in [3.05, 3.63) is 108 Å². The lowest BCUT2D eigenvalue weighted by Crippen LogP contribution is -2.67. The number of esters is 2. The van der Waals surface area contributed by atoms with E-state index in [-0.39, 0.29) is 37.7 Å². The van der Waals surface area contributed by atoms with Crippen LogP contribution in [0.1, 0.15) is 231 Å². The molecular formula is C71H114O13Si. The summed E-state index contributed by atoms with van der Waals surface area (Å²) in [6, 6.07) is 29.2. The zero-order chi connectivity index (χ0) is 61.0. The highest BCUT2D eigenvalue weighted by molar-refractivity contribution is 6.74. The number of rotatable bonds is 45. The van der Waals surface area contributed by atoms with Crippen molar-refractivity contribution in [2.24, 2.45) is 0 Å². The van der Waals surface area contributed by atoms with Gasteiger partial charge in [0, 0.05) is 12.8 Å². The first-order chi connectivity index (χ1) is 41.3. The van der Waals surface area contributed by atoms with Crippen LogP contribution in [0.15, 0.2) is 91.0 Å². The minimum absolute atomic E-state index is 0.0978. The second-order valence-corrected chi connectivity index (χ2v) is 30.4. The molecule has 3 aromatic carbocycles. The zero-order valence-electron chi connectivity index (χ0n) is 53.7. The summed E-state index contributed by atoms with van der Waals surface area (Å²) in [5.74, 6) is -0.977. The topological polar surface area (TPSA) is 158 Å². The Hall–Kier alpha value is -3.54. The van der Waals surface area contributed by atoms with Crippen LogP contribution in [0.3, 0.4) is 0 Å². The molecule has 0 bridgehead atoms. The number of carbonyl (C=O) groups excluding carboxylic acids is 2. The standard InChI is InChI=1S/C71H114O13Si/c1-8-10-12-14-16-18-20-22-24-26-28-30-41-49-61(74)81-66-64(77-54-57-45-37-33-38-46-57)60(52-73)79-69(67(66)82-62(75)50-42-31-29-27-25-23-21-19-17-15-13-11-9-2)83-70-68(84-85(6,7)71(3,4)5)65(78-55-58-47-39-34-40-48-58)63(59(51-72)80-70)76-53-56-43-35-32-36-44-56/h32-40,43-48,59-60,63-70,72-73H,8-31,41-42,49-55H2,1-7H3/t59-,60-,63-,64-,65+,66+,67-,68-,69-,70-/m1/s1. The van der Waals surface area contributed by atoms with Crippen molar-refractivity contribution >= 4 is 20.3 Å². The predicted octanol–water partition coefficient (Wildman–Crippen LogP) is 16.4. The molecule has 2 fully saturated rings. The van der Waals surface area contributed by atoms with E-state index in [9.17, 15) is 19.8 Å². The number of aliphatic hydroxyl groups is 2. The molecular weight excluding hydrogens is 1090 g/mol. The maximum atomic E-state index is 14.4. The third-order valence-electron chi connectivity index (χ3n) is 17.4. The summed E-state index contributed by atoms with van der Waals surface area (Å²) < 4.78 is 61.4. The minimum Gasteiger partial charge on any atom is -0.455 e. The van der Waals surface area contributed by atoms with E-state index in [4.69, 9.17) is 42.3 Å². The van der Waals surface area contributed by atoms with Crippen LogP contribution >= 0.6 is 0 Å². The smallest absolute Gasteiger partial charge is 0.306 e. The van der Waals surface area contributed by atoms with Gasteiger partial charge in [-0.1, -0.05) is 280 Å². The molecule has 14 heteroatoms. The summed E-state index contributed by atoms with van der Waals surface area (Å²) in [6.45, 7) is 14.7. The monoisotopic (exact) mass is 1200 g/mol. The fourth-order valence-electron chi connectivity index (χ4n) is 11.2. The second-order valence-electron chi connectivity index (χ2n) is 25.6. The van der Waals surface area contributed by atoms with E-state index < -0.39 is 94.9 Å². The van der Waals surface area contributed by atoms with Crippen molar-refractivity contribution in [3.63, 3.8) is 0 Å². The zero-order valence-corrected chi connectivity index (χ0v) is 54.7. The van der Waals surface area contributed by atoms with Crippen molar-refractivity contribution in [3.8, 4) is 0 Å². The van der Waals surface area contributed by atoms with Crippen LogP contribution in [0, 0.1) is 0 Å². The van der Waals surface area contributed by atoms with Gasteiger partial charge in [-0.25, -0.2) is 0 Å². The third kappa shape index (κ3) is 27.0. The van der Waals surface area contributed by atoms with Crippen molar-refractivity contribution in [1.82, 2.24) is 0 Å². The van der Waals surface area contributed by atoms with Crippen LogP contribution < -0.4 is 0 Å². The van der Waals surface area contributed by atoms with E-state index in [2.05, 4.69) is 47.7 Å². The van der Waals surface area contributed by atoms with E-state index in [1.54, 1.807) is 0 Å². The van der Waals surface area contributed by atoms with Crippen LogP contribution in [-0.2, 0) is 71.7 Å². The Balaban J connectivity index is 1.43. The summed E-state index contributed by atoms with van der Waals surface area (Å²) in [4.78, 5) is 28.7. The third-order valence-corrected chi connectivity index (χ3v) is 21.9. The highest BCUT2D eigenvalue weighted by Crippen LogP contribution is 2.42. The number of carbonyl (C=O) groups is 2. The van der Waals surface area contributed by atoms with Gasteiger partial charge in [0.05, 0.1) is 33.0 Å². The highest BCUT2D eigenvalue weighted by atomic mass is 28.4. The molecule has 0 radical (unpaired) electrons. The molecule has 3 aromatic rings. The number of hydrogen-bond donors (Lipinski definition) is 2. The maximum Gasteiger partial charge on any atom is 0.306 e. The van der Waals surface area contributed by atoms with Crippen LogP contribution in [0.2, 0.25) is 18.1 Å². The molecule has 0 amide bonds. The van der Waals surface area contributed by atoms with E-state index in [0.717, 1.165) is 55.2 Å². The quantitative estimate of drug-likeness (QED) is 0.0313. The SMILES string of the molecule is CCCCCCCCCCCCCCCC(=O)O[C@@H]1[C@@H](OC(=O)CCCCCCCCCCCCCCC)[C@@H](O[C@H]2O[C@H](CO)[C@@H](OCc3ccccc3)[C@H](OCc3ccccc3)[C@H]2O[Si](C)(C)C(C)(C)C)O[C@H](CO)[C@H]1OCc1ccccc1. The molecule has 5 rings (SSSR count). The maximum absolute atomic E-state index is 14.4. The Morgan fingerprint density at radius 3 is 1.07 bits per heavy atom. The Bertz CT molecular complexity index is 2160. The second kappa shape index (κ2) is 41.6. The first-order valence-corrected chi connectivity index (χ1v) is 36.4. The molecule has 10 atom stereocenters. The van der Waals surface area contributed by atoms with E-state index in [1.165, 1.54) is 116 Å². The number of hydrogen-bond acceptors (Lipinski definition) is 13. The van der Waals surface area contributed by atoms with Crippen molar-refractivity contribution in [2.75, 3.05) is 13.2 Å². The Morgan fingerprint density at radius 1 is 0.424 bits per heavy atom. The summed E-state index contributed by atoms with van der Waals surface area (Å²) in [5, 5.41) is 22.3. The normalized spacial score (nSPS) is 22.8. The van der Waals surface area contributed by atoms with Gasteiger partial charge in [-0.15, -0.1) is 0 Å². The Morgan fingerprint density at radius 2 is 0.729 bits per heavy atom. The molecule has 0 spiro atoms. The van der Waals surface area contributed by atoms with Crippen LogP contribution in [0.5, 0.6) is 0 Å². The van der Waals surface area contributed by atoms with Crippen molar-refractivity contribution < 1.29 is 62.1 Å². The fraction of sp³-hybridized carbons (Fsp3) is 0.718. The number of unbranched alkanes of at least 4 members (excludes halogenated alkanes) is 24. The van der Waals surface area contributed by atoms with Crippen LogP contribution in [0.4, 0.5) is 0 Å². The average molecular weight is 1200 g/mol. The molecule has 2 heterocycles. The molecule has 0 aliphatic carbocycles. The van der Waals surface area contributed by atoms with Crippen molar-refractivity contribution in [2.45, 2.75) is 314 Å². The minimum atomic E-state index is -2.74.